The first-order chi connectivity index (χ1) is 7.75. The number of carbonyl (C=O) groups is 4. The van der Waals surface area contributed by atoms with Crippen LogP contribution in [0.1, 0.15) is 39.5 Å². The number of Topliss-reactive ketones (excluding diaryl/α,β-unsaturated/α-hetero) is 2. The zero-order valence-electron chi connectivity index (χ0n) is 9.86. The summed E-state index contributed by atoms with van der Waals surface area (Å²) in [5.41, 5.74) is -2.02. The second-order valence-corrected chi connectivity index (χ2v) is 3.92. The molecule has 2 N–H and O–H groups in total. The summed E-state index contributed by atoms with van der Waals surface area (Å²) in [6.45, 7) is 2.12. The van der Waals surface area contributed by atoms with E-state index in [1.165, 1.54) is 0 Å². The van der Waals surface area contributed by atoms with E-state index in [0.717, 1.165) is 13.8 Å². The van der Waals surface area contributed by atoms with E-state index >= 15 is 0 Å². The molecule has 0 radical (unpaired) electrons. The third kappa shape index (κ3) is 3.65. The monoisotopic (exact) mass is 244 g/mol. The zero-order valence-corrected chi connectivity index (χ0v) is 9.86. The van der Waals surface area contributed by atoms with Gasteiger partial charge in [-0.05, 0) is 26.7 Å². The van der Waals surface area contributed by atoms with Gasteiger partial charge in [-0.3, -0.25) is 19.2 Å². The lowest BCUT2D eigenvalue weighted by Gasteiger charge is -2.23. The summed E-state index contributed by atoms with van der Waals surface area (Å²) in [4.78, 5) is 44.1. The molecular formula is C11H16O6. The molecule has 0 aliphatic heterocycles. The Balaban J connectivity index is 4.72. The fourth-order valence-corrected chi connectivity index (χ4v) is 1.67. The highest BCUT2D eigenvalue weighted by atomic mass is 16.4. The van der Waals surface area contributed by atoms with Gasteiger partial charge in [-0.1, -0.05) is 6.42 Å². The van der Waals surface area contributed by atoms with Gasteiger partial charge in [0.2, 0.25) is 0 Å². The molecule has 0 saturated carbocycles. The second kappa shape index (κ2) is 6.12. The molecule has 0 aromatic carbocycles. The van der Waals surface area contributed by atoms with Crippen molar-refractivity contribution < 1.29 is 29.4 Å². The fourth-order valence-electron chi connectivity index (χ4n) is 1.67. The van der Waals surface area contributed by atoms with Gasteiger partial charge in [-0.15, -0.1) is 0 Å². The van der Waals surface area contributed by atoms with Crippen LogP contribution in [-0.4, -0.2) is 33.7 Å². The fraction of sp³-hybridized carbons (Fsp3) is 0.636. The van der Waals surface area contributed by atoms with Gasteiger partial charge in [0.05, 0.1) is 0 Å². The average Bonchev–Trinajstić information content (AvgIpc) is 2.15. The predicted molar refractivity (Wildman–Crippen MR) is 57.5 cm³/mol. The standard InChI is InChI=1S/C11H16O6/c1-7(12)11(8(2)13,10(16)17)6-4-3-5-9(14)15/h3-6H2,1-2H3,(H,14,15)(H,16,17). The number of rotatable bonds is 8. The SMILES string of the molecule is CC(=O)C(CCCCC(=O)O)(C(C)=O)C(=O)O. The van der Waals surface area contributed by atoms with Crippen molar-refractivity contribution in [1.29, 1.82) is 0 Å². The summed E-state index contributed by atoms with van der Waals surface area (Å²) in [5.74, 6) is -3.88. The summed E-state index contributed by atoms with van der Waals surface area (Å²) in [7, 11) is 0. The van der Waals surface area contributed by atoms with E-state index in [-0.39, 0.29) is 25.7 Å². The van der Waals surface area contributed by atoms with Gasteiger partial charge < -0.3 is 10.2 Å². The first-order valence-corrected chi connectivity index (χ1v) is 5.22. The summed E-state index contributed by atoms with van der Waals surface area (Å²) >= 11 is 0. The molecule has 0 rings (SSSR count). The van der Waals surface area contributed by atoms with E-state index in [1.54, 1.807) is 0 Å². The summed E-state index contributed by atoms with van der Waals surface area (Å²) < 4.78 is 0. The number of aliphatic carboxylic acids is 2. The van der Waals surface area contributed by atoms with E-state index in [0.29, 0.717) is 0 Å². The molecule has 0 aromatic heterocycles. The minimum atomic E-state index is -2.02. The van der Waals surface area contributed by atoms with Crippen molar-refractivity contribution in [2.24, 2.45) is 5.41 Å². The molecule has 17 heavy (non-hydrogen) atoms. The van der Waals surface area contributed by atoms with Crippen LogP contribution in [0.4, 0.5) is 0 Å². The maximum atomic E-state index is 11.4. The van der Waals surface area contributed by atoms with Crippen molar-refractivity contribution in [2.75, 3.05) is 0 Å². The maximum Gasteiger partial charge on any atom is 0.324 e. The van der Waals surface area contributed by atoms with Crippen LogP contribution in [0, 0.1) is 5.41 Å². The number of ketones is 2. The quantitative estimate of drug-likeness (QED) is 0.484. The van der Waals surface area contributed by atoms with Gasteiger partial charge >= 0.3 is 11.9 Å². The predicted octanol–water partition coefficient (Wildman–Crippen LogP) is 0.880. The van der Waals surface area contributed by atoms with Gasteiger partial charge in [0.25, 0.3) is 0 Å². The van der Waals surface area contributed by atoms with Gasteiger partial charge in [0, 0.05) is 6.42 Å². The van der Waals surface area contributed by atoms with Crippen LogP contribution in [0.5, 0.6) is 0 Å². The molecule has 0 atom stereocenters. The average molecular weight is 244 g/mol. The number of hydrogen-bond acceptors (Lipinski definition) is 4. The minimum Gasteiger partial charge on any atom is -0.481 e. The Kier molecular flexibility index (Phi) is 5.50. The van der Waals surface area contributed by atoms with Crippen LogP contribution in [0.15, 0.2) is 0 Å². The van der Waals surface area contributed by atoms with Crippen LogP contribution >= 0.6 is 0 Å². The third-order valence-corrected chi connectivity index (χ3v) is 2.76. The molecule has 0 saturated heterocycles. The van der Waals surface area contributed by atoms with Crippen molar-refractivity contribution in [3.05, 3.63) is 0 Å². The first kappa shape index (κ1) is 15.3. The van der Waals surface area contributed by atoms with Crippen molar-refractivity contribution in [2.45, 2.75) is 39.5 Å². The van der Waals surface area contributed by atoms with Crippen LogP contribution < -0.4 is 0 Å². The van der Waals surface area contributed by atoms with Crippen LogP contribution in [0.3, 0.4) is 0 Å². The smallest absolute Gasteiger partial charge is 0.324 e. The number of carboxylic acid groups (broad SMARTS) is 2. The zero-order chi connectivity index (χ0) is 13.6. The molecule has 0 bridgehead atoms. The number of carboxylic acids is 2. The van der Waals surface area contributed by atoms with Gasteiger partial charge in [-0.2, -0.15) is 0 Å². The lowest BCUT2D eigenvalue weighted by Crippen LogP contribution is -2.44. The molecule has 0 unspecified atom stereocenters. The summed E-state index contributed by atoms with van der Waals surface area (Å²) in [6, 6.07) is 0. The number of hydrogen-bond donors (Lipinski definition) is 2. The second-order valence-electron chi connectivity index (χ2n) is 3.92. The Morgan fingerprint density at radius 1 is 0.941 bits per heavy atom. The van der Waals surface area contributed by atoms with Crippen molar-refractivity contribution in [3.63, 3.8) is 0 Å². The Morgan fingerprint density at radius 2 is 1.41 bits per heavy atom. The molecule has 96 valence electrons. The largest absolute Gasteiger partial charge is 0.481 e. The van der Waals surface area contributed by atoms with Crippen LogP contribution in [0.2, 0.25) is 0 Å². The molecule has 0 heterocycles. The molecule has 6 heteroatoms. The van der Waals surface area contributed by atoms with Gasteiger partial charge in [0.1, 0.15) is 0 Å². The van der Waals surface area contributed by atoms with E-state index in [4.69, 9.17) is 10.2 Å². The number of unbranched alkanes of at least 4 members (excludes halogenated alkanes) is 1. The maximum absolute atomic E-state index is 11.4. The van der Waals surface area contributed by atoms with E-state index in [2.05, 4.69) is 0 Å². The first-order valence-electron chi connectivity index (χ1n) is 5.22. The highest BCUT2D eigenvalue weighted by Gasteiger charge is 2.47. The Hall–Kier alpha value is -1.72. The lowest BCUT2D eigenvalue weighted by atomic mass is 9.76. The van der Waals surface area contributed by atoms with E-state index in [9.17, 15) is 19.2 Å². The van der Waals surface area contributed by atoms with Crippen molar-refractivity contribution in [1.82, 2.24) is 0 Å². The van der Waals surface area contributed by atoms with Gasteiger partial charge in [-0.25, -0.2) is 0 Å². The highest BCUT2D eigenvalue weighted by molar-refractivity contribution is 6.20. The molecule has 0 amide bonds. The van der Waals surface area contributed by atoms with E-state index in [1.807, 2.05) is 0 Å². The molecule has 0 aliphatic carbocycles. The van der Waals surface area contributed by atoms with Crippen molar-refractivity contribution in [3.8, 4) is 0 Å². The Bertz CT molecular complexity index is 308. The molecular weight excluding hydrogens is 228 g/mol. The Morgan fingerprint density at radius 3 is 1.71 bits per heavy atom. The van der Waals surface area contributed by atoms with Crippen LogP contribution in [0.25, 0.3) is 0 Å². The topological polar surface area (TPSA) is 109 Å². The number of carbonyl (C=O) groups excluding carboxylic acids is 2. The van der Waals surface area contributed by atoms with E-state index < -0.39 is 28.9 Å². The molecule has 0 aliphatic rings. The van der Waals surface area contributed by atoms with Gasteiger partial charge in [0.15, 0.2) is 17.0 Å². The molecule has 0 fully saturated rings. The van der Waals surface area contributed by atoms with Crippen molar-refractivity contribution >= 4 is 23.5 Å². The molecule has 0 spiro atoms. The minimum absolute atomic E-state index is 0.106. The third-order valence-electron chi connectivity index (χ3n) is 2.76. The normalized spacial score (nSPS) is 10.9. The van der Waals surface area contributed by atoms with Crippen LogP contribution in [-0.2, 0) is 19.2 Å². The summed E-state index contributed by atoms with van der Waals surface area (Å²) in [5, 5.41) is 17.4. The lowest BCUT2D eigenvalue weighted by molar-refractivity contribution is -0.159. The molecule has 0 aromatic rings. The summed E-state index contributed by atoms with van der Waals surface area (Å²) in [6.07, 6.45) is 0.189. The highest BCUT2D eigenvalue weighted by Crippen LogP contribution is 2.28. The molecule has 6 nitrogen and oxygen atoms in total. The Labute approximate surface area is 98.6 Å².